The molecule has 1 fully saturated rings. The van der Waals surface area contributed by atoms with Crippen LogP contribution in [0.25, 0.3) is 0 Å². The summed E-state index contributed by atoms with van der Waals surface area (Å²) in [6.45, 7) is 5.63. The second-order valence-electron chi connectivity index (χ2n) is 4.77. The second kappa shape index (κ2) is 5.52. The van der Waals surface area contributed by atoms with Crippen molar-refractivity contribution in [1.29, 1.82) is 0 Å². The third-order valence-corrected chi connectivity index (χ3v) is 4.77. The Labute approximate surface area is 107 Å². The molecule has 0 radical (unpaired) electrons. The molecule has 0 aliphatic heterocycles. The minimum Gasteiger partial charge on any atom is -0.314 e. The van der Waals surface area contributed by atoms with Gasteiger partial charge in [0.1, 0.15) is 0 Å². The van der Waals surface area contributed by atoms with Crippen molar-refractivity contribution in [1.82, 2.24) is 5.32 Å². The summed E-state index contributed by atoms with van der Waals surface area (Å²) in [5, 5.41) is 3.63. The van der Waals surface area contributed by atoms with Crippen LogP contribution in [0.3, 0.4) is 0 Å². The van der Waals surface area contributed by atoms with Crippen LogP contribution in [0.4, 0.5) is 0 Å². The Balaban J connectivity index is 1.95. The molecule has 2 atom stereocenters. The normalized spacial score (nSPS) is 19.7. The Morgan fingerprint density at radius 2 is 2.25 bits per heavy atom. The van der Waals surface area contributed by atoms with Gasteiger partial charge in [0.25, 0.3) is 0 Å². The Morgan fingerprint density at radius 1 is 1.50 bits per heavy atom. The van der Waals surface area contributed by atoms with E-state index in [0.717, 1.165) is 29.1 Å². The lowest BCUT2D eigenvalue weighted by atomic mass is 9.93. The van der Waals surface area contributed by atoms with E-state index in [0.29, 0.717) is 6.04 Å². The first-order valence-corrected chi connectivity index (χ1v) is 7.37. The van der Waals surface area contributed by atoms with E-state index in [-0.39, 0.29) is 0 Å². The van der Waals surface area contributed by atoms with Crippen LogP contribution in [-0.2, 0) is 6.42 Å². The smallest absolute Gasteiger partial charge is 0.0931 e. The molecule has 1 aromatic rings. The fourth-order valence-electron chi connectivity index (χ4n) is 2.33. The molecule has 3 heteroatoms. The average molecular weight is 258 g/mol. The summed E-state index contributed by atoms with van der Waals surface area (Å²) in [6.07, 6.45) is 3.98. The highest BCUT2D eigenvalue weighted by Gasteiger charge is 2.33. The van der Waals surface area contributed by atoms with Crippen molar-refractivity contribution in [2.45, 2.75) is 39.2 Å². The van der Waals surface area contributed by atoms with E-state index in [1.54, 1.807) is 11.3 Å². The molecule has 0 saturated heterocycles. The molecule has 1 aromatic heterocycles. The zero-order valence-corrected chi connectivity index (χ0v) is 11.6. The van der Waals surface area contributed by atoms with Gasteiger partial charge >= 0.3 is 0 Å². The lowest BCUT2D eigenvalue weighted by Gasteiger charge is -2.24. The Hall–Kier alpha value is -0.0500. The molecular formula is C13H20ClNS. The largest absolute Gasteiger partial charge is 0.314 e. The molecule has 2 unspecified atom stereocenters. The molecule has 1 N–H and O–H groups in total. The molecule has 1 heterocycles. The lowest BCUT2D eigenvalue weighted by Crippen LogP contribution is -2.37. The van der Waals surface area contributed by atoms with Crippen LogP contribution < -0.4 is 5.32 Å². The summed E-state index contributed by atoms with van der Waals surface area (Å²) in [5.74, 6) is 1.75. The fourth-order valence-corrected chi connectivity index (χ4v) is 3.48. The zero-order chi connectivity index (χ0) is 11.5. The van der Waals surface area contributed by atoms with Crippen LogP contribution in [0.2, 0.25) is 4.34 Å². The van der Waals surface area contributed by atoms with Gasteiger partial charge in [0.15, 0.2) is 0 Å². The zero-order valence-electron chi connectivity index (χ0n) is 10.0. The van der Waals surface area contributed by atoms with E-state index in [2.05, 4.69) is 25.2 Å². The summed E-state index contributed by atoms with van der Waals surface area (Å²) in [6, 6.07) is 4.79. The van der Waals surface area contributed by atoms with Crippen molar-refractivity contribution in [3.05, 3.63) is 21.3 Å². The number of likely N-dealkylation sites (N-methyl/N-ethyl adjacent to an activating group) is 1. The minimum atomic E-state index is 0.618. The van der Waals surface area contributed by atoms with E-state index in [4.69, 9.17) is 11.6 Å². The molecule has 1 saturated carbocycles. The van der Waals surface area contributed by atoms with E-state index >= 15 is 0 Å². The van der Waals surface area contributed by atoms with Gasteiger partial charge in [-0.15, -0.1) is 11.3 Å². The van der Waals surface area contributed by atoms with Crippen molar-refractivity contribution in [3.8, 4) is 0 Å². The highest BCUT2D eigenvalue weighted by atomic mass is 35.5. The highest BCUT2D eigenvalue weighted by Crippen LogP contribution is 2.39. The molecule has 1 aliphatic rings. The maximum atomic E-state index is 5.97. The molecule has 1 aliphatic carbocycles. The van der Waals surface area contributed by atoms with Crippen LogP contribution in [-0.4, -0.2) is 12.6 Å². The maximum Gasteiger partial charge on any atom is 0.0931 e. The van der Waals surface area contributed by atoms with Crippen LogP contribution in [0.1, 0.15) is 31.6 Å². The maximum absolute atomic E-state index is 5.97. The van der Waals surface area contributed by atoms with Gasteiger partial charge in [0.2, 0.25) is 0 Å². The number of nitrogens with one attached hydrogen (secondary N) is 1. The fraction of sp³-hybridized carbons (Fsp3) is 0.692. The summed E-state index contributed by atoms with van der Waals surface area (Å²) < 4.78 is 0.907. The first-order chi connectivity index (χ1) is 7.70. The second-order valence-corrected chi connectivity index (χ2v) is 6.57. The van der Waals surface area contributed by atoms with E-state index in [1.807, 2.05) is 6.07 Å². The molecular weight excluding hydrogens is 238 g/mol. The van der Waals surface area contributed by atoms with E-state index in [9.17, 15) is 0 Å². The topological polar surface area (TPSA) is 12.0 Å². The van der Waals surface area contributed by atoms with Gasteiger partial charge < -0.3 is 5.32 Å². The van der Waals surface area contributed by atoms with Crippen molar-refractivity contribution < 1.29 is 0 Å². The molecule has 16 heavy (non-hydrogen) atoms. The third-order valence-electron chi connectivity index (χ3n) is 3.52. The highest BCUT2D eigenvalue weighted by molar-refractivity contribution is 7.16. The summed E-state index contributed by atoms with van der Waals surface area (Å²) >= 11 is 7.69. The van der Waals surface area contributed by atoms with E-state index < -0.39 is 0 Å². The number of thiophene rings is 1. The summed E-state index contributed by atoms with van der Waals surface area (Å²) in [7, 11) is 0. The number of hydrogen-bond donors (Lipinski definition) is 1. The van der Waals surface area contributed by atoms with Crippen molar-refractivity contribution >= 4 is 22.9 Å². The van der Waals surface area contributed by atoms with Gasteiger partial charge in [-0.3, -0.25) is 0 Å². The van der Waals surface area contributed by atoms with Crippen molar-refractivity contribution in [3.63, 3.8) is 0 Å². The van der Waals surface area contributed by atoms with Gasteiger partial charge in [0, 0.05) is 10.9 Å². The van der Waals surface area contributed by atoms with Gasteiger partial charge in [-0.05, 0) is 49.8 Å². The minimum absolute atomic E-state index is 0.618. The van der Waals surface area contributed by atoms with Gasteiger partial charge in [-0.1, -0.05) is 25.4 Å². The molecule has 0 bridgehead atoms. The van der Waals surface area contributed by atoms with Crippen LogP contribution in [0.15, 0.2) is 12.1 Å². The first kappa shape index (κ1) is 12.4. The predicted molar refractivity (Wildman–Crippen MR) is 72.4 cm³/mol. The van der Waals surface area contributed by atoms with Crippen LogP contribution in [0, 0.1) is 11.8 Å². The average Bonchev–Trinajstić information content (AvgIpc) is 3.02. The van der Waals surface area contributed by atoms with Gasteiger partial charge in [-0.25, -0.2) is 0 Å². The molecule has 2 rings (SSSR count). The standard InChI is InChI=1S/C13H20ClNS/c1-3-15-12(9(2)10-4-5-10)8-11-6-7-13(14)16-11/h6-7,9-10,12,15H,3-5,8H2,1-2H3. The monoisotopic (exact) mass is 257 g/mol. The van der Waals surface area contributed by atoms with Gasteiger partial charge in [-0.2, -0.15) is 0 Å². The molecule has 1 nitrogen and oxygen atoms in total. The number of rotatable bonds is 6. The third kappa shape index (κ3) is 3.22. The van der Waals surface area contributed by atoms with E-state index in [1.165, 1.54) is 17.7 Å². The predicted octanol–water partition coefficient (Wildman–Crippen LogP) is 3.97. The summed E-state index contributed by atoms with van der Waals surface area (Å²) in [5.41, 5.74) is 0. The Kier molecular flexibility index (Phi) is 4.28. The lowest BCUT2D eigenvalue weighted by molar-refractivity contribution is 0.346. The summed E-state index contributed by atoms with van der Waals surface area (Å²) in [4.78, 5) is 1.41. The van der Waals surface area contributed by atoms with Crippen molar-refractivity contribution in [2.75, 3.05) is 6.54 Å². The number of halogens is 1. The molecule has 0 amide bonds. The molecule has 0 spiro atoms. The number of hydrogen-bond acceptors (Lipinski definition) is 2. The Bertz CT molecular complexity index is 332. The van der Waals surface area contributed by atoms with Crippen LogP contribution in [0.5, 0.6) is 0 Å². The SMILES string of the molecule is CCNC(Cc1ccc(Cl)s1)C(C)C1CC1. The van der Waals surface area contributed by atoms with Crippen molar-refractivity contribution in [2.24, 2.45) is 11.8 Å². The quantitative estimate of drug-likeness (QED) is 0.813. The Morgan fingerprint density at radius 3 is 2.75 bits per heavy atom. The van der Waals surface area contributed by atoms with Gasteiger partial charge in [0.05, 0.1) is 4.34 Å². The van der Waals surface area contributed by atoms with Crippen LogP contribution >= 0.6 is 22.9 Å². The first-order valence-electron chi connectivity index (χ1n) is 6.18. The molecule has 0 aromatic carbocycles. The molecule has 90 valence electrons.